The molecule has 2 aromatic rings. The maximum Gasteiger partial charge on any atom is 0.433 e. The van der Waals surface area contributed by atoms with Gasteiger partial charge in [0.1, 0.15) is 5.69 Å². The molecule has 2 nitrogen and oxygen atoms in total. The van der Waals surface area contributed by atoms with Gasteiger partial charge in [0, 0.05) is 23.5 Å². The van der Waals surface area contributed by atoms with Crippen LogP contribution in [0.15, 0.2) is 42.6 Å². The van der Waals surface area contributed by atoms with Gasteiger partial charge in [-0.3, -0.25) is 4.98 Å². The van der Waals surface area contributed by atoms with E-state index in [4.69, 9.17) is 11.6 Å². The van der Waals surface area contributed by atoms with Gasteiger partial charge >= 0.3 is 6.18 Å². The number of pyridine rings is 1. The molecule has 0 saturated heterocycles. The monoisotopic (exact) mass is 314 g/mol. The molecule has 0 aliphatic carbocycles. The Balaban J connectivity index is 1.82. The van der Waals surface area contributed by atoms with Crippen molar-refractivity contribution in [2.75, 3.05) is 11.9 Å². The van der Waals surface area contributed by atoms with E-state index in [1.54, 1.807) is 0 Å². The Hall–Kier alpha value is -1.75. The maximum absolute atomic E-state index is 12.5. The van der Waals surface area contributed by atoms with Gasteiger partial charge in [-0.25, -0.2) is 0 Å². The number of aryl methyl sites for hydroxylation is 1. The van der Waals surface area contributed by atoms with E-state index in [-0.39, 0.29) is 0 Å². The van der Waals surface area contributed by atoms with Gasteiger partial charge in [0.15, 0.2) is 0 Å². The quantitative estimate of drug-likeness (QED) is 0.802. The smallest absolute Gasteiger partial charge is 0.385 e. The Morgan fingerprint density at radius 1 is 1.10 bits per heavy atom. The molecule has 112 valence electrons. The molecule has 1 aromatic carbocycles. The molecule has 1 heterocycles. The second-order valence-corrected chi connectivity index (χ2v) is 5.02. The van der Waals surface area contributed by atoms with Crippen molar-refractivity contribution in [2.45, 2.75) is 19.0 Å². The third-order valence-corrected chi connectivity index (χ3v) is 3.19. The summed E-state index contributed by atoms with van der Waals surface area (Å²) >= 11 is 5.79. The van der Waals surface area contributed by atoms with Gasteiger partial charge in [-0.05, 0) is 42.7 Å². The third kappa shape index (κ3) is 4.93. The van der Waals surface area contributed by atoms with Gasteiger partial charge in [-0.15, -0.1) is 0 Å². The molecule has 1 N–H and O–H groups in total. The van der Waals surface area contributed by atoms with Crippen LogP contribution in [-0.2, 0) is 12.6 Å². The summed E-state index contributed by atoms with van der Waals surface area (Å²) in [5, 5.41) is 3.66. The van der Waals surface area contributed by atoms with Gasteiger partial charge < -0.3 is 5.32 Å². The van der Waals surface area contributed by atoms with E-state index in [1.165, 1.54) is 6.07 Å². The Bertz CT molecular complexity index is 582. The van der Waals surface area contributed by atoms with Crippen molar-refractivity contribution >= 4 is 17.3 Å². The number of aromatic nitrogens is 1. The van der Waals surface area contributed by atoms with Gasteiger partial charge in [0.25, 0.3) is 0 Å². The van der Waals surface area contributed by atoms with Crippen LogP contribution in [0.3, 0.4) is 0 Å². The SMILES string of the molecule is FC(F)(F)c1cc(NCCCc2ccc(Cl)cc2)ccn1. The average Bonchev–Trinajstić information content (AvgIpc) is 2.45. The highest BCUT2D eigenvalue weighted by atomic mass is 35.5. The van der Waals surface area contributed by atoms with Crippen LogP contribution in [0.1, 0.15) is 17.7 Å². The third-order valence-electron chi connectivity index (χ3n) is 2.93. The van der Waals surface area contributed by atoms with E-state index < -0.39 is 11.9 Å². The minimum Gasteiger partial charge on any atom is -0.385 e. The topological polar surface area (TPSA) is 24.9 Å². The highest BCUT2D eigenvalue weighted by Crippen LogP contribution is 2.28. The number of hydrogen-bond acceptors (Lipinski definition) is 2. The minimum absolute atomic E-state index is 0.424. The molecular formula is C15H14ClF3N2. The Morgan fingerprint density at radius 3 is 2.48 bits per heavy atom. The number of anilines is 1. The highest BCUT2D eigenvalue weighted by molar-refractivity contribution is 6.30. The molecule has 0 unspecified atom stereocenters. The number of benzene rings is 1. The van der Waals surface area contributed by atoms with Crippen molar-refractivity contribution in [1.82, 2.24) is 4.98 Å². The van der Waals surface area contributed by atoms with Crippen LogP contribution in [0, 0.1) is 0 Å². The molecule has 1 aromatic heterocycles. The van der Waals surface area contributed by atoms with E-state index >= 15 is 0 Å². The van der Waals surface area contributed by atoms with E-state index in [1.807, 2.05) is 24.3 Å². The second kappa shape index (κ2) is 6.80. The maximum atomic E-state index is 12.5. The summed E-state index contributed by atoms with van der Waals surface area (Å²) in [7, 11) is 0. The van der Waals surface area contributed by atoms with Crippen LogP contribution in [0.25, 0.3) is 0 Å². The fourth-order valence-electron chi connectivity index (χ4n) is 1.87. The summed E-state index contributed by atoms with van der Waals surface area (Å²) in [5.41, 5.74) is 0.686. The Kier molecular flexibility index (Phi) is 5.07. The van der Waals surface area contributed by atoms with Crippen LogP contribution in [0.5, 0.6) is 0 Å². The van der Waals surface area contributed by atoms with Crippen LogP contribution in [0.4, 0.5) is 18.9 Å². The lowest BCUT2D eigenvalue weighted by atomic mass is 10.1. The fourth-order valence-corrected chi connectivity index (χ4v) is 2.00. The number of nitrogens with one attached hydrogen (secondary N) is 1. The normalized spacial score (nSPS) is 11.4. The van der Waals surface area contributed by atoms with Gasteiger partial charge in [0.05, 0.1) is 0 Å². The zero-order valence-electron chi connectivity index (χ0n) is 11.1. The first-order valence-corrected chi connectivity index (χ1v) is 6.84. The lowest BCUT2D eigenvalue weighted by molar-refractivity contribution is -0.141. The predicted molar refractivity (Wildman–Crippen MR) is 77.5 cm³/mol. The van der Waals surface area contributed by atoms with Gasteiger partial charge in [0.2, 0.25) is 0 Å². The summed E-state index contributed by atoms with van der Waals surface area (Å²) in [5.74, 6) is 0. The molecule has 0 bridgehead atoms. The lowest BCUT2D eigenvalue weighted by Crippen LogP contribution is -2.09. The summed E-state index contributed by atoms with van der Waals surface area (Å²) < 4.78 is 37.5. The number of nitrogens with zero attached hydrogens (tertiary/aromatic N) is 1. The number of hydrogen-bond donors (Lipinski definition) is 1. The van der Waals surface area contributed by atoms with Crippen molar-refractivity contribution < 1.29 is 13.2 Å². The minimum atomic E-state index is -4.42. The fraction of sp³-hybridized carbons (Fsp3) is 0.267. The molecule has 0 atom stereocenters. The summed E-state index contributed by atoms with van der Waals surface area (Å²) in [4.78, 5) is 3.32. The zero-order chi connectivity index (χ0) is 15.3. The van der Waals surface area contributed by atoms with Crippen molar-refractivity contribution in [1.29, 1.82) is 0 Å². The molecule has 6 heteroatoms. The van der Waals surface area contributed by atoms with Crippen LogP contribution < -0.4 is 5.32 Å². The van der Waals surface area contributed by atoms with Crippen LogP contribution in [0.2, 0.25) is 5.02 Å². The molecule has 0 amide bonds. The Morgan fingerprint density at radius 2 is 1.81 bits per heavy atom. The summed E-state index contributed by atoms with van der Waals surface area (Å²) in [6.07, 6.45) is -1.61. The van der Waals surface area contributed by atoms with Gasteiger partial charge in [-0.2, -0.15) is 13.2 Å². The van der Waals surface area contributed by atoms with Crippen molar-refractivity contribution in [3.8, 4) is 0 Å². The first-order valence-electron chi connectivity index (χ1n) is 6.47. The molecule has 21 heavy (non-hydrogen) atoms. The average molecular weight is 315 g/mol. The van der Waals surface area contributed by atoms with E-state index in [9.17, 15) is 13.2 Å². The molecule has 2 rings (SSSR count). The largest absolute Gasteiger partial charge is 0.433 e. The molecule has 0 radical (unpaired) electrons. The van der Waals surface area contributed by atoms with E-state index in [2.05, 4.69) is 10.3 Å². The Labute approximate surface area is 126 Å². The molecule has 0 aliphatic heterocycles. The summed E-state index contributed by atoms with van der Waals surface area (Å²) in [6, 6.07) is 10.1. The second-order valence-electron chi connectivity index (χ2n) is 4.58. The van der Waals surface area contributed by atoms with E-state index in [0.717, 1.165) is 30.7 Å². The standard InChI is InChI=1S/C15H14ClF3N2/c16-12-5-3-11(4-6-12)2-1-8-20-13-7-9-21-14(10-13)15(17,18)19/h3-7,9-10H,1-2,8H2,(H,20,21). The number of halogens is 4. The van der Waals surface area contributed by atoms with Crippen LogP contribution in [-0.4, -0.2) is 11.5 Å². The number of alkyl halides is 3. The molecule has 0 spiro atoms. The molecular weight excluding hydrogens is 301 g/mol. The highest BCUT2D eigenvalue weighted by Gasteiger charge is 2.32. The molecule has 0 saturated carbocycles. The molecule has 0 aliphatic rings. The van der Waals surface area contributed by atoms with Gasteiger partial charge in [-0.1, -0.05) is 23.7 Å². The first kappa shape index (κ1) is 15.6. The van der Waals surface area contributed by atoms with Crippen molar-refractivity contribution in [3.05, 3.63) is 58.9 Å². The zero-order valence-corrected chi connectivity index (χ0v) is 11.9. The number of rotatable bonds is 5. The lowest BCUT2D eigenvalue weighted by Gasteiger charge is -2.09. The van der Waals surface area contributed by atoms with Crippen molar-refractivity contribution in [2.24, 2.45) is 0 Å². The van der Waals surface area contributed by atoms with Crippen LogP contribution >= 0.6 is 11.6 Å². The van der Waals surface area contributed by atoms with Crippen molar-refractivity contribution in [3.63, 3.8) is 0 Å². The van der Waals surface area contributed by atoms with E-state index in [0.29, 0.717) is 17.3 Å². The molecule has 0 fully saturated rings. The predicted octanol–water partition coefficient (Wildman–Crippen LogP) is 4.80. The summed E-state index contributed by atoms with van der Waals surface area (Å²) in [6.45, 7) is 0.587. The first-order chi connectivity index (χ1) is 9.95.